The van der Waals surface area contributed by atoms with Gasteiger partial charge in [-0.1, -0.05) is 42.1 Å². The Morgan fingerprint density at radius 2 is 1.96 bits per heavy atom. The first-order chi connectivity index (χ1) is 13.7. The topological polar surface area (TPSA) is 75.0 Å². The number of carbonyl (C=O) groups excluding carboxylic acids is 1. The van der Waals surface area contributed by atoms with Gasteiger partial charge in [0.25, 0.3) is 5.91 Å². The number of para-hydroxylation sites is 2. The Hall–Kier alpha value is -2.31. The molecule has 3 aromatic rings. The summed E-state index contributed by atoms with van der Waals surface area (Å²) in [4.78, 5) is 23.2. The molecular weight excluding hydrogens is 368 g/mol. The molecule has 0 bridgehead atoms. The van der Waals surface area contributed by atoms with E-state index in [2.05, 4.69) is 9.97 Å². The predicted octanol–water partition coefficient (Wildman–Crippen LogP) is 3.66. The van der Waals surface area contributed by atoms with E-state index in [4.69, 9.17) is 5.73 Å². The molecule has 28 heavy (non-hydrogen) atoms. The first-order valence-corrected chi connectivity index (χ1v) is 10.9. The largest absolute Gasteiger partial charge is 0.338 e. The third-order valence-electron chi connectivity index (χ3n) is 6.18. The number of aromatic nitrogens is 2. The van der Waals surface area contributed by atoms with Crippen molar-refractivity contribution >= 4 is 28.7 Å². The number of thioether (sulfide) groups is 1. The monoisotopic (exact) mass is 392 g/mol. The third-order valence-corrected chi connectivity index (χ3v) is 7.10. The molecule has 2 fully saturated rings. The number of nitrogens with two attached hydrogens (primary N) is 1. The van der Waals surface area contributed by atoms with E-state index < -0.39 is 0 Å². The maximum atomic E-state index is 13.2. The molecule has 1 amide bonds. The van der Waals surface area contributed by atoms with Crippen LogP contribution in [0.5, 0.6) is 0 Å². The van der Waals surface area contributed by atoms with Crippen LogP contribution < -0.4 is 5.73 Å². The fraction of sp³-hybridized carbons (Fsp3) is 0.364. The van der Waals surface area contributed by atoms with E-state index in [1.807, 2.05) is 53.4 Å². The van der Waals surface area contributed by atoms with Crippen molar-refractivity contribution in [1.82, 2.24) is 14.9 Å². The molecule has 0 radical (unpaired) electrons. The Morgan fingerprint density at radius 3 is 2.82 bits per heavy atom. The maximum absolute atomic E-state index is 13.2. The minimum absolute atomic E-state index is 0.141. The Kier molecular flexibility index (Phi) is 4.61. The zero-order valence-electron chi connectivity index (χ0n) is 15.7. The number of likely N-dealkylation sites (tertiary alicyclic amines) is 1. The van der Waals surface area contributed by atoms with Gasteiger partial charge >= 0.3 is 0 Å². The molecule has 1 aliphatic heterocycles. The van der Waals surface area contributed by atoms with E-state index in [1.54, 1.807) is 11.8 Å². The quantitative estimate of drug-likeness (QED) is 0.665. The van der Waals surface area contributed by atoms with Gasteiger partial charge in [-0.25, -0.2) is 4.98 Å². The molecular formula is C22H24N4OS. The summed E-state index contributed by atoms with van der Waals surface area (Å²) in [5.74, 6) is 1.90. The second-order valence-electron chi connectivity index (χ2n) is 7.88. The van der Waals surface area contributed by atoms with Crippen molar-refractivity contribution < 1.29 is 4.79 Å². The summed E-state index contributed by atoms with van der Waals surface area (Å²) in [6.07, 6.45) is 2.25. The molecule has 2 aromatic carbocycles. The predicted molar refractivity (Wildman–Crippen MR) is 112 cm³/mol. The van der Waals surface area contributed by atoms with Crippen LogP contribution in [-0.2, 0) is 5.75 Å². The number of aromatic amines is 1. The van der Waals surface area contributed by atoms with Crippen molar-refractivity contribution in [3.05, 3.63) is 59.7 Å². The van der Waals surface area contributed by atoms with Crippen molar-refractivity contribution in [2.75, 3.05) is 13.1 Å². The number of hydrogen-bond donors (Lipinski definition) is 2. The van der Waals surface area contributed by atoms with E-state index in [0.717, 1.165) is 53.2 Å². The summed E-state index contributed by atoms with van der Waals surface area (Å²) in [6.45, 7) is 1.65. The van der Waals surface area contributed by atoms with Crippen LogP contribution in [0.2, 0.25) is 0 Å². The van der Waals surface area contributed by atoms with Crippen LogP contribution in [0.25, 0.3) is 11.0 Å². The molecule has 1 saturated carbocycles. The molecule has 5 nitrogen and oxygen atoms in total. The molecule has 6 heteroatoms. The van der Waals surface area contributed by atoms with E-state index >= 15 is 0 Å². The second kappa shape index (κ2) is 7.26. The lowest BCUT2D eigenvalue weighted by molar-refractivity contribution is 0.0779. The summed E-state index contributed by atoms with van der Waals surface area (Å²) in [6, 6.07) is 16.2. The summed E-state index contributed by atoms with van der Waals surface area (Å²) in [5.41, 5.74) is 10.1. The summed E-state index contributed by atoms with van der Waals surface area (Å²) >= 11 is 1.63. The zero-order valence-corrected chi connectivity index (χ0v) is 16.5. The number of carbonyl (C=O) groups is 1. The lowest BCUT2D eigenvalue weighted by atomic mass is 9.98. The molecule has 1 aromatic heterocycles. The summed E-state index contributed by atoms with van der Waals surface area (Å²) in [7, 11) is 0. The van der Waals surface area contributed by atoms with Gasteiger partial charge in [0, 0.05) is 30.4 Å². The van der Waals surface area contributed by atoms with Crippen LogP contribution in [0, 0.1) is 11.8 Å². The van der Waals surface area contributed by atoms with Crippen molar-refractivity contribution in [2.24, 2.45) is 17.6 Å². The van der Waals surface area contributed by atoms with Gasteiger partial charge in [-0.15, -0.1) is 0 Å². The highest BCUT2D eigenvalue weighted by atomic mass is 32.2. The number of H-pyrrole nitrogens is 1. The van der Waals surface area contributed by atoms with Crippen LogP contribution in [0.4, 0.5) is 0 Å². The highest BCUT2D eigenvalue weighted by Gasteiger charge is 2.42. The first-order valence-electron chi connectivity index (χ1n) is 9.89. The van der Waals surface area contributed by atoms with E-state index in [1.165, 1.54) is 0 Å². The first kappa shape index (κ1) is 17.8. The number of rotatable bonds is 4. The van der Waals surface area contributed by atoms with Gasteiger partial charge in [0.2, 0.25) is 0 Å². The lowest BCUT2D eigenvalue weighted by Crippen LogP contribution is -2.33. The molecule has 2 aliphatic rings. The van der Waals surface area contributed by atoms with Crippen LogP contribution in [0.3, 0.4) is 0 Å². The van der Waals surface area contributed by atoms with Crippen molar-refractivity contribution in [3.63, 3.8) is 0 Å². The minimum atomic E-state index is 0.141. The van der Waals surface area contributed by atoms with Crippen molar-refractivity contribution in [2.45, 2.75) is 29.8 Å². The molecule has 144 valence electrons. The average molecular weight is 393 g/mol. The molecule has 1 saturated heterocycles. The fourth-order valence-corrected chi connectivity index (χ4v) is 5.53. The van der Waals surface area contributed by atoms with Gasteiger partial charge in [0.05, 0.1) is 11.0 Å². The van der Waals surface area contributed by atoms with E-state index in [9.17, 15) is 4.79 Å². The lowest BCUT2D eigenvalue weighted by Gasteiger charge is -2.20. The highest BCUT2D eigenvalue weighted by Crippen LogP contribution is 2.38. The molecule has 3 unspecified atom stereocenters. The number of hydrogen-bond acceptors (Lipinski definition) is 4. The molecule has 1 aliphatic carbocycles. The van der Waals surface area contributed by atoms with Crippen molar-refractivity contribution in [3.8, 4) is 0 Å². The average Bonchev–Trinajstić information content (AvgIpc) is 3.41. The molecule has 2 heterocycles. The number of nitrogens with zero attached hydrogens (tertiary/aromatic N) is 2. The normalized spacial score (nSPS) is 24.0. The summed E-state index contributed by atoms with van der Waals surface area (Å²) < 4.78 is 0. The molecule has 3 atom stereocenters. The van der Waals surface area contributed by atoms with E-state index in [-0.39, 0.29) is 11.9 Å². The fourth-order valence-electron chi connectivity index (χ4n) is 4.64. The van der Waals surface area contributed by atoms with Gasteiger partial charge in [-0.3, -0.25) is 4.79 Å². The number of amides is 1. The molecule has 5 rings (SSSR count). The smallest absolute Gasteiger partial charge is 0.254 e. The number of benzene rings is 2. The second-order valence-corrected chi connectivity index (χ2v) is 8.84. The maximum Gasteiger partial charge on any atom is 0.254 e. The van der Waals surface area contributed by atoms with Crippen LogP contribution in [-0.4, -0.2) is 39.9 Å². The third kappa shape index (κ3) is 3.20. The standard InChI is InChI=1S/C22H24N4OS/c23-18-10-9-14-11-26(12-17(14)18)21(27)16-6-2-1-5-15(16)13-28-22-24-19-7-3-4-8-20(19)25-22/h1-8,14,17-18H,9-13,23H2,(H,24,25). The summed E-state index contributed by atoms with van der Waals surface area (Å²) in [5, 5.41) is 0.880. The number of imidazole rings is 1. The Morgan fingerprint density at radius 1 is 1.14 bits per heavy atom. The van der Waals surface area contributed by atoms with Gasteiger partial charge < -0.3 is 15.6 Å². The Labute approximate surface area is 168 Å². The van der Waals surface area contributed by atoms with E-state index in [0.29, 0.717) is 17.6 Å². The molecule has 0 spiro atoms. The van der Waals surface area contributed by atoms with Crippen LogP contribution in [0.1, 0.15) is 28.8 Å². The number of nitrogens with one attached hydrogen (secondary N) is 1. The zero-order chi connectivity index (χ0) is 19.1. The van der Waals surface area contributed by atoms with Crippen LogP contribution in [0.15, 0.2) is 53.7 Å². The van der Waals surface area contributed by atoms with Crippen LogP contribution >= 0.6 is 11.8 Å². The van der Waals surface area contributed by atoms with Gasteiger partial charge in [0.1, 0.15) is 0 Å². The minimum Gasteiger partial charge on any atom is -0.338 e. The SMILES string of the molecule is NC1CCC2CN(C(=O)c3ccccc3CSc3nc4ccccc4[nH]3)CC12. The Balaban J connectivity index is 1.32. The van der Waals surface area contributed by atoms with Crippen molar-refractivity contribution in [1.29, 1.82) is 0 Å². The Bertz CT molecular complexity index is 983. The highest BCUT2D eigenvalue weighted by molar-refractivity contribution is 7.98. The number of fused-ring (bicyclic) bond motifs is 2. The molecule has 3 N–H and O–H groups in total. The van der Waals surface area contributed by atoms with Gasteiger partial charge in [0.15, 0.2) is 5.16 Å². The van der Waals surface area contributed by atoms with Gasteiger partial charge in [-0.05, 0) is 48.4 Å². The van der Waals surface area contributed by atoms with Gasteiger partial charge in [-0.2, -0.15) is 0 Å².